The molecule has 0 unspecified atom stereocenters. The van der Waals surface area contributed by atoms with Gasteiger partial charge in [-0.15, -0.1) is 0 Å². The fourth-order valence-corrected chi connectivity index (χ4v) is 2.18. The molecule has 0 amide bonds. The Morgan fingerprint density at radius 1 is 1.53 bits per heavy atom. The van der Waals surface area contributed by atoms with Crippen molar-refractivity contribution >= 4 is 11.5 Å². The van der Waals surface area contributed by atoms with Crippen LogP contribution in [-0.4, -0.2) is 5.78 Å². The van der Waals surface area contributed by atoms with Crippen LogP contribution in [0, 0.1) is 18.8 Å². The van der Waals surface area contributed by atoms with Crippen LogP contribution in [0.5, 0.6) is 0 Å². The van der Waals surface area contributed by atoms with Crippen LogP contribution in [0.4, 0.5) is 5.69 Å². The van der Waals surface area contributed by atoms with Crippen molar-refractivity contribution in [3.05, 3.63) is 29.3 Å². The highest BCUT2D eigenvalue weighted by Crippen LogP contribution is 2.43. The summed E-state index contributed by atoms with van der Waals surface area (Å²) in [5.74, 6) is 1.20. The third-order valence-electron chi connectivity index (χ3n) is 3.30. The lowest BCUT2D eigenvalue weighted by Crippen LogP contribution is -2.06. The smallest absolute Gasteiger partial charge is 0.166 e. The topological polar surface area (TPSA) is 43.1 Å². The maximum Gasteiger partial charge on any atom is 0.166 e. The van der Waals surface area contributed by atoms with Crippen molar-refractivity contribution in [3.8, 4) is 0 Å². The molecule has 2 heteroatoms. The predicted octanol–water partition coefficient (Wildman–Crippen LogP) is 2.81. The largest absolute Gasteiger partial charge is 0.399 e. The number of carbonyl (C=O) groups excluding carboxylic acids is 1. The van der Waals surface area contributed by atoms with E-state index in [1.165, 1.54) is 0 Å². The number of anilines is 1. The van der Waals surface area contributed by atoms with Gasteiger partial charge in [-0.2, -0.15) is 0 Å². The van der Waals surface area contributed by atoms with E-state index in [1.807, 2.05) is 25.1 Å². The molecule has 1 fully saturated rings. The van der Waals surface area contributed by atoms with E-state index in [4.69, 9.17) is 5.73 Å². The molecule has 0 aliphatic heterocycles. The van der Waals surface area contributed by atoms with Crippen LogP contribution in [0.25, 0.3) is 0 Å². The van der Waals surface area contributed by atoms with Crippen molar-refractivity contribution in [2.24, 2.45) is 11.8 Å². The second-order valence-electron chi connectivity index (χ2n) is 4.45. The monoisotopic (exact) mass is 203 g/mol. The number of nitrogen functional groups attached to an aromatic ring is 1. The molecule has 1 aromatic rings. The van der Waals surface area contributed by atoms with Gasteiger partial charge in [0.1, 0.15) is 0 Å². The first kappa shape index (κ1) is 10.2. The Labute approximate surface area is 90.5 Å². The Balaban J connectivity index is 2.20. The van der Waals surface area contributed by atoms with Gasteiger partial charge < -0.3 is 5.73 Å². The number of hydrogen-bond acceptors (Lipinski definition) is 2. The number of aryl methyl sites for hydroxylation is 1. The summed E-state index contributed by atoms with van der Waals surface area (Å²) in [6, 6.07) is 5.54. The predicted molar refractivity (Wildman–Crippen MR) is 61.8 cm³/mol. The van der Waals surface area contributed by atoms with Crippen molar-refractivity contribution in [3.63, 3.8) is 0 Å². The molecule has 0 saturated heterocycles. The highest BCUT2D eigenvalue weighted by Gasteiger charge is 2.41. The van der Waals surface area contributed by atoms with Gasteiger partial charge in [-0.1, -0.05) is 13.3 Å². The van der Waals surface area contributed by atoms with Gasteiger partial charge in [-0.3, -0.25) is 4.79 Å². The average Bonchev–Trinajstić information content (AvgIpc) is 2.95. The summed E-state index contributed by atoms with van der Waals surface area (Å²) >= 11 is 0. The Hall–Kier alpha value is -1.31. The van der Waals surface area contributed by atoms with Crippen molar-refractivity contribution in [1.82, 2.24) is 0 Å². The standard InChI is InChI=1S/C13H17NO/c1-3-9-7-12(9)13(15)11-5-4-10(14)6-8(11)2/h4-6,9,12H,3,7,14H2,1-2H3/t9-,12-/m1/s1. The van der Waals surface area contributed by atoms with Crippen molar-refractivity contribution in [1.29, 1.82) is 0 Å². The Kier molecular flexibility index (Phi) is 2.51. The van der Waals surface area contributed by atoms with E-state index >= 15 is 0 Å². The van der Waals surface area contributed by atoms with Crippen LogP contribution in [0.3, 0.4) is 0 Å². The Morgan fingerprint density at radius 2 is 2.27 bits per heavy atom. The van der Waals surface area contributed by atoms with E-state index in [0.29, 0.717) is 11.7 Å². The summed E-state index contributed by atoms with van der Waals surface area (Å²) in [7, 11) is 0. The first-order chi connectivity index (χ1) is 7.13. The SMILES string of the molecule is CC[C@@H]1C[C@H]1C(=O)c1ccc(N)cc1C. The number of nitrogens with two attached hydrogens (primary N) is 1. The fraction of sp³-hybridized carbons (Fsp3) is 0.462. The molecule has 0 heterocycles. The van der Waals surface area contributed by atoms with Gasteiger partial charge in [0.15, 0.2) is 5.78 Å². The molecular formula is C13H17NO. The van der Waals surface area contributed by atoms with Crippen molar-refractivity contribution in [2.45, 2.75) is 26.7 Å². The second-order valence-corrected chi connectivity index (χ2v) is 4.45. The van der Waals surface area contributed by atoms with Crippen LogP contribution in [-0.2, 0) is 0 Å². The van der Waals surface area contributed by atoms with E-state index < -0.39 is 0 Å². The van der Waals surface area contributed by atoms with Gasteiger partial charge in [0, 0.05) is 17.2 Å². The fourth-order valence-electron chi connectivity index (χ4n) is 2.18. The normalized spacial score (nSPS) is 23.9. The molecule has 0 spiro atoms. The highest BCUT2D eigenvalue weighted by atomic mass is 16.1. The maximum absolute atomic E-state index is 12.1. The van der Waals surface area contributed by atoms with E-state index in [0.717, 1.165) is 29.7 Å². The lowest BCUT2D eigenvalue weighted by Gasteiger charge is -2.05. The number of rotatable bonds is 3. The molecular weight excluding hydrogens is 186 g/mol. The summed E-state index contributed by atoms with van der Waals surface area (Å²) in [6.45, 7) is 4.10. The van der Waals surface area contributed by atoms with Crippen LogP contribution in [0.2, 0.25) is 0 Å². The van der Waals surface area contributed by atoms with Gasteiger partial charge >= 0.3 is 0 Å². The van der Waals surface area contributed by atoms with Crippen LogP contribution >= 0.6 is 0 Å². The van der Waals surface area contributed by atoms with Gasteiger partial charge in [0.05, 0.1) is 0 Å². The van der Waals surface area contributed by atoms with E-state index in [9.17, 15) is 4.79 Å². The zero-order chi connectivity index (χ0) is 11.0. The molecule has 2 atom stereocenters. The molecule has 80 valence electrons. The zero-order valence-electron chi connectivity index (χ0n) is 9.29. The highest BCUT2D eigenvalue weighted by molar-refractivity contribution is 6.01. The first-order valence-electron chi connectivity index (χ1n) is 5.53. The minimum absolute atomic E-state index is 0.275. The van der Waals surface area contributed by atoms with E-state index in [1.54, 1.807) is 0 Å². The third-order valence-corrected chi connectivity index (χ3v) is 3.30. The van der Waals surface area contributed by atoms with Crippen LogP contribution in [0.15, 0.2) is 18.2 Å². The molecule has 15 heavy (non-hydrogen) atoms. The molecule has 2 nitrogen and oxygen atoms in total. The van der Waals surface area contributed by atoms with Crippen molar-refractivity contribution < 1.29 is 4.79 Å². The number of carbonyl (C=O) groups is 1. The van der Waals surface area contributed by atoms with Crippen LogP contribution < -0.4 is 5.73 Å². The van der Waals surface area contributed by atoms with Crippen LogP contribution in [0.1, 0.15) is 35.7 Å². The second kappa shape index (κ2) is 3.69. The third kappa shape index (κ3) is 1.89. The summed E-state index contributed by atoms with van der Waals surface area (Å²) in [5, 5.41) is 0. The van der Waals surface area contributed by atoms with E-state index in [2.05, 4.69) is 6.92 Å². The Morgan fingerprint density at radius 3 is 2.80 bits per heavy atom. The lowest BCUT2D eigenvalue weighted by atomic mass is 10.00. The molecule has 1 saturated carbocycles. The molecule has 0 aromatic heterocycles. The van der Waals surface area contributed by atoms with Crippen molar-refractivity contribution in [2.75, 3.05) is 5.73 Å². The van der Waals surface area contributed by atoms with Gasteiger partial charge in [0.25, 0.3) is 0 Å². The molecule has 1 aliphatic rings. The van der Waals surface area contributed by atoms with Gasteiger partial charge in [-0.05, 0) is 43.0 Å². The quantitative estimate of drug-likeness (QED) is 0.606. The summed E-state index contributed by atoms with van der Waals surface area (Å²) in [4.78, 5) is 12.1. The lowest BCUT2D eigenvalue weighted by molar-refractivity contribution is 0.0960. The van der Waals surface area contributed by atoms with Gasteiger partial charge in [-0.25, -0.2) is 0 Å². The average molecular weight is 203 g/mol. The summed E-state index contributed by atoms with van der Waals surface area (Å²) in [6.07, 6.45) is 2.18. The summed E-state index contributed by atoms with van der Waals surface area (Å²) in [5.41, 5.74) is 8.24. The summed E-state index contributed by atoms with van der Waals surface area (Å²) < 4.78 is 0. The minimum atomic E-state index is 0.275. The molecule has 0 bridgehead atoms. The minimum Gasteiger partial charge on any atom is -0.399 e. The zero-order valence-corrected chi connectivity index (χ0v) is 9.29. The first-order valence-corrected chi connectivity index (χ1v) is 5.53. The Bertz CT molecular complexity index is 398. The molecule has 0 radical (unpaired) electrons. The number of benzene rings is 1. The number of Topliss-reactive ketones (excluding diaryl/α,β-unsaturated/α-hetero) is 1. The number of ketones is 1. The molecule has 2 N–H and O–H groups in total. The molecule has 1 aliphatic carbocycles. The van der Waals surface area contributed by atoms with Gasteiger partial charge in [0.2, 0.25) is 0 Å². The molecule has 2 rings (SSSR count). The molecule has 1 aromatic carbocycles. The maximum atomic E-state index is 12.1. The number of hydrogen-bond donors (Lipinski definition) is 1. The van der Waals surface area contributed by atoms with E-state index in [-0.39, 0.29) is 5.92 Å².